The number of rotatable bonds is 3. The molecule has 3 aromatic rings. The Hall–Kier alpha value is -2.86. The Balaban J connectivity index is 1.56. The predicted octanol–water partition coefficient (Wildman–Crippen LogP) is 4.80. The van der Waals surface area contributed by atoms with E-state index in [1.54, 1.807) is 18.3 Å². The molecule has 6 heteroatoms. The fraction of sp³-hybridized carbons (Fsp3) is 0.100. The maximum Gasteiger partial charge on any atom is 0.257 e. The minimum Gasteiger partial charge on any atom is -0.454 e. The topological polar surface area (TPSA) is 60.5 Å². The van der Waals surface area contributed by atoms with E-state index in [1.165, 1.54) is 0 Å². The molecule has 0 radical (unpaired) electrons. The highest BCUT2D eigenvalue weighted by Gasteiger charge is 2.17. The van der Waals surface area contributed by atoms with Gasteiger partial charge in [0.05, 0.1) is 0 Å². The number of ether oxygens (including phenoxy) is 2. The van der Waals surface area contributed by atoms with Gasteiger partial charge in [-0.2, -0.15) is 0 Å². The molecule has 1 aromatic heterocycles. The Bertz CT molecular complexity index is 987. The van der Waals surface area contributed by atoms with E-state index in [2.05, 4.69) is 26.2 Å². The second-order valence-corrected chi connectivity index (χ2v) is 6.74. The summed E-state index contributed by atoms with van der Waals surface area (Å²) >= 11 is 3.55. The van der Waals surface area contributed by atoms with Crippen LogP contribution in [0.15, 0.2) is 59.2 Å². The maximum absolute atomic E-state index is 12.4. The summed E-state index contributed by atoms with van der Waals surface area (Å²) in [6.45, 7) is 2.13. The van der Waals surface area contributed by atoms with E-state index in [9.17, 15) is 4.79 Å². The average molecular weight is 411 g/mol. The van der Waals surface area contributed by atoms with E-state index >= 15 is 0 Å². The third kappa shape index (κ3) is 3.15. The van der Waals surface area contributed by atoms with E-state index in [1.807, 2.05) is 43.3 Å². The zero-order valence-corrected chi connectivity index (χ0v) is 15.5. The van der Waals surface area contributed by atoms with Crippen LogP contribution in [0.4, 0.5) is 5.82 Å². The average Bonchev–Trinajstić information content (AvgIpc) is 3.09. The number of pyridine rings is 1. The van der Waals surface area contributed by atoms with Crippen LogP contribution >= 0.6 is 15.9 Å². The van der Waals surface area contributed by atoms with Gasteiger partial charge in [-0.25, -0.2) is 4.98 Å². The predicted molar refractivity (Wildman–Crippen MR) is 103 cm³/mol. The maximum atomic E-state index is 12.4. The number of nitrogens with one attached hydrogen (secondary N) is 1. The van der Waals surface area contributed by atoms with E-state index in [-0.39, 0.29) is 12.7 Å². The minimum atomic E-state index is -0.174. The molecule has 0 bridgehead atoms. The number of hydrogen-bond acceptors (Lipinski definition) is 4. The number of benzene rings is 2. The summed E-state index contributed by atoms with van der Waals surface area (Å²) in [4.78, 5) is 16.7. The molecule has 1 aliphatic heterocycles. The first-order valence-corrected chi connectivity index (χ1v) is 8.83. The summed E-state index contributed by atoms with van der Waals surface area (Å²) in [6.07, 6.45) is 1.72. The van der Waals surface area contributed by atoms with Gasteiger partial charge in [0.2, 0.25) is 6.79 Å². The normalized spacial score (nSPS) is 12.1. The van der Waals surface area contributed by atoms with Crippen LogP contribution in [0.2, 0.25) is 0 Å². The lowest BCUT2D eigenvalue weighted by Crippen LogP contribution is -2.14. The molecule has 26 heavy (non-hydrogen) atoms. The van der Waals surface area contributed by atoms with Crippen molar-refractivity contribution in [1.82, 2.24) is 4.98 Å². The van der Waals surface area contributed by atoms with Crippen LogP contribution in [0.25, 0.3) is 11.1 Å². The number of carbonyl (C=O) groups excluding carboxylic acids is 1. The van der Waals surface area contributed by atoms with Crippen LogP contribution in [0.5, 0.6) is 11.5 Å². The van der Waals surface area contributed by atoms with Crippen LogP contribution in [0.3, 0.4) is 0 Å². The van der Waals surface area contributed by atoms with Crippen molar-refractivity contribution < 1.29 is 14.3 Å². The fourth-order valence-electron chi connectivity index (χ4n) is 2.78. The van der Waals surface area contributed by atoms with Gasteiger partial charge < -0.3 is 14.8 Å². The number of nitrogens with zero attached hydrogens (tertiary/aromatic N) is 1. The van der Waals surface area contributed by atoms with Crippen molar-refractivity contribution in [3.8, 4) is 22.6 Å². The molecule has 0 atom stereocenters. The van der Waals surface area contributed by atoms with Gasteiger partial charge in [0.25, 0.3) is 5.91 Å². The molecular weight excluding hydrogens is 396 g/mol. The highest BCUT2D eigenvalue weighted by molar-refractivity contribution is 9.10. The van der Waals surface area contributed by atoms with Crippen LogP contribution in [-0.4, -0.2) is 17.7 Å². The lowest BCUT2D eigenvalue weighted by Gasteiger charge is -2.09. The Labute approximate surface area is 159 Å². The molecular formula is C20H15BrN2O3. The van der Waals surface area contributed by atoms with E-state index in [0.717, 1.165) is 26.9 Å². The van der Waals surface area contributed by atoms with Crippen molar-refractivity contribution in [2.45, 2.75) is 6.92 Å². The molecule has 0 fully saturated rings. The molecule has 0 saturated heterocycles. The van der Waals surface area contributed by atoms with Gasteiger partial charge in [0.1, 0.15) is 5.82 Å². The van der Waals surface area contributed by atoms with Gasteiger partial charge in [-0.05, 0) is 42.8 Å². The van der Waals surface area contributed by atoms with Gasteiger partial charge in [-0.15, -0.1) is 0 Å². The van der Waals surface area contributed by atoms with Crippen LogP contribution in [-0.2, 0) is 0 Å². The SMILES string of the molecule is Cc1ccccc1C(=O)Nc1ccc(-c2cc3c(cc2Br)OCO3)cn1. The molecule has 4 rings (SSSR count). The van der Waals surface area contributed by atoms with Crippen molar-refractivity contribution in [3.05, 3.63) is 70.3 Å². The van der Waals surface area contributed by atoms with Crippen molar-refractivity contribution in [1.29, 1.82) is 0 Å². The third-order valence-electron chi connectivity index (χ3n) is 4.17. The molecule has 1 aliphatic rings. The Kier molecular flexibility index (Phi) is 4.34. The van der Waals surface area contributed by atoms with E-state index < -0.39 is 0 Å². The highest BCUT2D eigenvalue weighted by atomic mass is 79.9. The summed E-state index contributed by atoms with van der Waals surface area (Å²) < 4.78 is 11.7. The van der Waals surface area contributed by atoms with Crippen LogP contribution < -0.4 is 14.8 Å². The molecule has 0 unspecified atom stereocenters. The number of hydrogen-bond donors (Lipinski definition) is 1. The number of aryl methyl sites for hydroxylation is 1. The van der Waals surface area contributed by atoms with Crippen molar-refractivity contribution in [2.24, 2.45) is 0 Å². The quantitative estimate of drug-likeness (QED) is 0.673. The first-order chi connectivity index (χ1) is 12.6. The van der Waals surface area contributed by atoms with Gasteiger partial charge in [0, 0.05) is 27.4 Å². The lowest BCUT2D eigenvalue weighted by atomic mass is 10.1. The fourth-order valence-corrected chi connectivity index (χ4v) is 3.33. The molecule has 2 heterocycles. The van der Waals surface area contributed by atoms with Crippen molar-refractivity contribution in [3.63, 3.8) is 0 Å². The number of amides is 1. The zero-order chi connectivity index (χ0) is 18.1. The Morgan fingerprint density at radius 1 is 1.12 bits per heavy atom. The number of halogens is 1. The molecule has 5 nitrogen and oxygen atoms in total. The minimum absolute atomic E-state index is 0.174. The number of anilines is 1. The van der Waals surface area contributed by atoms with E-state index in [0.29, 0.717) is 17.1 Å². The Morgan fingerprint density at radius 2 is 1.88 bits per heavy atom. The summed E-state index contributed by atoms with van der Waals surface area (Å²) in [5.41, 5.74) is 3.41. The number of aromatic nitrogens is 1. The number of carbonyl (C=O) groups is 1. The van der Waals surface area contributed by atoms with E-state index in [4.69, 9.17) is 9.47 Å². The zero-order valence-electron chi connectivity index (χ0n) is 14.0. The van der Waals surface area contributed by atoms with Gasteiger partial charge in [-0.1, -0.05) is 34.1 Å². The Morgan fingerprint density at radius 3 is 2.62 bits per heavy atom. The lowest BCUT2D eigenvalue weighted by molar-refractivity contribution is 0.102. The first kappa shape index (κ1) is 16.6. The van der Waals surface area contributed by atoms with Crippen LogP contribution in [0, 0.1) is 6.92 Å². The first-order valence-electron chi connectivity index (χ1n) is 8.04. The highest BCUT2D eigenvalue weighted by Crippen LogP contribution is 2.40. The van der Waals surface area contributed by atoms with Crippen molar-refractivity contribution in [2.75, 3.05) is 12.1 Å². The summed E-state index contributed by atoms with van der Waals surface area (Å²) in [7, 11) is 0. The largest absolute Gasteiger partial charge is 0.454 e. The monoisotopic (exact) mass is 410 g/mol. The number of fused-ring (bicyclic) bond motifs is 1. The third-order valence-corrected chi connectivity index (χ3v) is 4.82. The van der Waals surface area contributed by atoms with Gasteiger partial charge in [0.15, 0.2) is 11.5 Å². The molecule has 1 amide bonds. The summed E-state index contributed by atoms with van der Waals surface area (Å²) in [6, 6.07) is 14.9. The second kappa shape index (κ2) is 6.80. The van der Waals surface area contributed by atoms with Gasteiger partial charge in [-0.3, -0.25) is 4.79 Å². The molecule has 0 aliphatic carbocycles. The molecule has 130 valence electrons. The van der Waals surface area contributed by atoms with Crippen molar-refractivity contribution >= 4 is 27.7 Å². The molecule has 0 spiro atoms. The summed E-state index contributed by atoms with van der Waals surface area (Å²) in [5.74, 6) is 1.75. The molecule has 0 saturated carbocycles. The van der Waals surface area contributed by atoms with Gasteiger partial charge >= 0.3 is 0 Å². The standard InChI is InChI=1S/C20H15BrN2O3/c1-12-4-2-3-5-14(12)20(24)23-19-7-6-13(10-22-19)15-8-17-18(9-16(15)21)26-11-25-17/h2-10H,11H2,1H3,(H,22,23,24). The summed E-state index contributed by atoms with van der Waals surface area (Å²) in [5, 5.41) is 2.83. The smallest absolute Gasteiger partial charge is 0.257 e. The second-order valence-electron chi connectivity index (χ2n) is 5.89. The molecule has 2 aromatic carbocycles. The van der Waals surface area contributed by atoms with Crippen LogP contribution in [0.1, 0.15) is 15.9 Å². The molecule has 1 N–H and O–H groups in total.